The number of amides is 12. The number of carboxylic acids is 1. The molecule has 20 N–H and O–H groups in total. The minimum absolute atomic E-state index is 0.00734. The Morgan fingerprint density at radius 2 is 0.617 bits per heavy atom. The molecular weight excluding hydrogens is 1480 g/mol. The number of primary amides is 1. The number of unbranched alkanes of at least 4 members (excludes halogenated alkanes) is 1. The van der Waals surface area contributed by atoms with Crippen molar-refractivity contribution in [3.05, 3.63) is 251 Å². The van der Waals surface area contributed by atoms with Gasteiger partial charge in [-0.25, -0.2) is 0 Å². The van der Waals surface area contributed by atoms with Crippen LogP contribution < -0.4 is 86.1 Å². The number of likely N-dealkylation sites (N-methyl/N-ethyl adjacent to an activating group) is 1. The highest BCUT2D eigenvalue weighted by Gasteiger charge is 2.34. The molecule has 0 heterocycles. The number of hydrogen-bond acceptors (Lipinski definition) is 18. The number of rotatable bonds is 46. The first kappa shape index (κ1) is 91.0. The average molecular weight is 1580 g/mol. The monoisotopic (exact) mass is 1580 g/mol. The summed E-state index contributed by atoms with van der Waals surface area (Å²) in [6, 6.07) is 51.0. The number of aliphatic hydroxyl groups is 1. The Balaban J connectivity index is 0.000000362. The molecule has 10 atom stereocenters. The molecule has 0 spiro atoms. The molecule has 0 radical (unpaired) electrons. The van der Waals surface area contributed by atoms with Gasteiger partial charge in [0.15, 0.2) is 5.78 Å². The van der Waals surface area contributed by atoms with Crippen LogP contribution in [-0.4, -0.2) is 188 Å². The normalized spacial score (nSPS) is 13.4. The minimum Gasteiger partial charge on any atom is -0.550 e. The highest BCUT2D eigenvalue weighted by Crippen LogP contribution is 2.13. The minimum atomic E-state index is -1.52. The number of ketones is 1. The topological polar surface area (TPSA) is 506 Å². The van der Waals surface area contributed by atoms with E-state index in [-0.39, 0.29) is 57.1 Å². The number of Topliss-reactive ketones (excluding diaryl/α,β-unsaturated/α-hetero) is 1. The van der Waals surface area contributed by atoms with E-state index in [1.165, 1.54) is 14.0 Å². The lowest BCUT2D eigenvalue weighted by molar-refractivity contribution is -0.368. The molecule has 0 saturated carbocycles. The van der Waals surface area contributed by atoms with E-state index in [4.69, 9.17) is 11.5 Å². The number of benzene rings is 7. The molecule has 0 bridgehead atoms. The summed E-state index contributed by atoms with van der Waals surface area (Å²) in [7, 11) is 1.38. The Morgan fingerprint density at radius 1 is 0.348 bits per heavy atom. The number of nitrogens with one attached hydrogen (secondary N) is 12. The van der Waals surface area contributed by atoms with Gasteiger partial charge in [-0.15, -0.1) is 0 Å². The predicted octanol–water partition coefficient (Wildman–Crippen LogP) is -2.57. The number of carbonyl (C=O) groups is 14. The maximum absolute atomic E-state index is 14.1. The number of carboxylic acid groups (broad SMARTS) is 1. The van der Waals surface area contributed by atoms with Crippen LogP contribution in [-0.2, 0) is 112 Å². The second kappa shape index (κ2) is 49.5. The molecule has 0 aromatic heterocycles. The Kier molecular flexibility index (Phi) is 39.2. The lowest BCUT2D eigenvalue weighted by Gasteiger charge is -2.26. The van der Waals surface area contributed by atoms with Gasteiger partial charge in [-0.05, 0) is 85.0 Å². The molecular formula is C84H103N15O16. The zero-order valence-electron chi connectivity index (χ0n) is 64.2. The number of aliphatic carboxylic acids is 1. The van der Waals surface area contributed by atoms with Crippen LogP contribution in [0.1, 0.15) is 71.6 Å². The van der Waals surface area contributed by atoms with E-state index >= 15 is 0 Å². The molecule has 115 heavy (non-hydrogen) atoms. The smallest absolute Gasteiger partial charge is 0.245 e. The van der Waals surface area contributed by atoms with Crippen molar-refractivity contribution < 1.29 is 83.1 Å². The Hall–Kier alpha value is -12.8. The summed E-state index contributed by atoms with van der Waals surface area (Å²) in [5.74, 6) is -10.3. The third kappa shape index (κ3) is 34.0. The van der Waals surface area contributed by atoms with E-state index in [9.17, 15) is 77.3 Å². The summed E-state index contributed by atoms with van der Waals surface area (Å²) in [5, 5.41) is 52.2. The van der Waals surface area contributed by atoms with Gasteiger partial charge >= 0.3 is 0 Å². The van der Waals surface area contributed by atoms with Crippen molar-refractivity contribution in [3.63, 3.8) is 0 Å². The molecule has 31 nitrogen and oxygen atoms in total. The molecule has 0 saturated heterocycles. The van der Waals surface area contributed by atoms with Crippen LogP contribution in [0, 0.1) is 0 Å². The summed E-state index contributed by atoms with van der Waals surface area (Å²) in [4.78, 5) is 182. The van der Waals surface area contributed by atoms with E-state index in [0.29, 0.717) is 36.1 Å². The van der Waals surface area contributed by atoms with E-state index in [0.717, 1.165) is 22.3 Å². The average Bonchev–Trinajstić information content (AvgIpc) is 0.735. The van der Waals surface area contributed by atoms with Crippen molar-refractivity contribution >= 4 is 82.6 Å². The first-order valence-corrected chi connectivity index (χ1v) is 37.6. The largest absolute Gasteiger partial charge is 0.550 e. The maximum atomic E-state index is 14.1. The number of aliphatic hydroxyl groups excluding tert-OH is 1. The molecule has 7 aromatic carbocycles. The van der Waals surface area contributed by atoms with Gasteiger partial charge in [0.05, 0.1) is 50.9 Å². The first-order chi connectivity index (χ1) is 55.3. The quantitative estimate of drug-likeness (QED) is 0.0174. The van der Waals surface area contributed by atoms with Crippen LogP contribution in [0.3, 0.4) is 0 Å². The van der Waals surface area contributed by atoms with Gasteiger partial charge in [-0.1, -0.05) is 212 Å². The lowest BCUT2D eigenvalue weighted by atomic mass is 10.0. The van der Waals surface area contributed by atoms with Crippen molar-refractivity contribution in [1.29, 1.82) is 0 Å². The van der Waals surface area contributed by atoms with Crippen molar-refractivity contribution in [2.24, 2.45) is 11.5 Å². The van der Waals surface area contributed by atoms with Crippen molar-refractivity contribution in [3.8, 4) is 0 Å². The third-order valence-corrected chi connectivity index (χ3v) is 18.1. The van der Waals surface area contributed by atoms with Crippen molar-refractivity contribution in [2.45, 2.75) is 138 Å². The third-order valence-electron chi connectivity index (χ3n) is 18.1. The molecule has 7 aromatic rings. The molecule has 0 aliphatic rings. The van der Waals surface area contributed by atoms with Gasteiger partial charge in [-0.2, -0.15) is 0 Å². The zero-order chi connectivity index (χ0) is 83.4. The molecule has 610 valence electrons. The van der Waals surface area contributed by atoms with Gasteiger partial charge in [0.1, 0.15) is 42.3 Å². The van der Waals surface area contributed by atoms with Crippen molar-refractivity contribution in [2.75, 3.05) is 39.8 Å². The second-order valence-electron chi connectivity index (χ2n) is 27.2. The fourth-order valence-corrected chi connectivity index (χ4v) is 11.9. The van der Waals surface area contributed by atoms with Crippen LogP contribution >= 0.6 is 0 Å². The summed E-state index contributed by atoms with van der Waals surface area (Å²) < 4.78 is 0. The molecule has 31 heteroatoms. The van der Waals surface area contributed by atoms with Gasteiger partial charge < -0.3 is 96.0 Å². The van der Waals surface area contributed by atoms with Crippen LogP contribution in [0.25, 0.3) is 0 Å². The Morgan fingerprint density at radius 3 is 0.939 bits per heavy atom. The van der Waals surface area contributed by atoms with Crippen LogP contribution in [0.2, 0.25) is 0 Å². The summed E-state index contributed by atoms with van der Waals surface area (Å²) in [6.45, 7) is -0.398. The van der Waals surface area contributed by atoms with E-state index in [1.807, 2.05) is 72.8 Å². The molecule has 7 rings (SSSR count). The SMILES string of the molecule is CC(=O)C(Cc1ccccc1)NC(=O)CNC(=O)C(Cc1ccccc1)NC(=O)[C@H](CCCC[NH3+])NC(=O)C(Cc1ccccc1)NC(=O)CNC(=O)C(N)Cc1ccccc1.CN[C@@H](CC(=O)[O-])C(=O)NC(Cc1ccccc1)C(=O)NCC(=O)N[C@@H](Cc1ccccc1)C(=O)N[C@@H](CO)C(=O)N[C@@H](Cc1ccccc1)C(N)=O. The summed E-state index contributed by atoms with van der Waals surface area (Å²) >= 11 is 0. The lowest BCUT2D eigenvalue weighted by Crippen LogP contribution is -2.59. The molecule has 12 amide bonds. The number of hydrogen-bond donors (Lipinski definition) is 16. The predicted molar refractivity (Wildman–Crippen MR) is 425 cm³/mol. The number of quaternary nitrogens is 1. The van der Waals surface area contributed by atoms with Crippen LogP contribution in [0.5, 0.6) is 0 Å². The van der Waals surface area contributed by atoms with E-state index in [1.54, 1.807) is 140 Å². The van der Waals surface area contributed by atoms with E-state index < -0.39 is 170 Å². The zero-order valence-corrected chi connectivity index (χ0v) is 64.2. The Labute approximate surface area is 667 Å². The summed E-state index contributed by atoms with van der Waals surface area (Å²) in [5.41, 5.74) is 20.7. The molecule has 0 fully saturated rings. The van der Waals surface area contributed by atoms with Gasteiger partial charge in [0.2, 0.25) is 70.9 Å². The van der Waals surface area contributed by atoms with Crippen LogP contribution in [0.15, 0.2) is 212 Å². The van der Waals surface area contributed by atoms with Gasteiger partial charge in [0, 0.05) is 44.5 Å². The number of nitrogens with two attached hydrogens (primary N) is 2. The highest BCUT2D eigenvalue weighted by molar-refractivity contribution is 5.98. The van der Waals surface area contributed by atoms with E-state index in [2.05, 4.69) is 69.5 Å². The van der Waals surface area contributed by atoms with Gasteiger partial charge in [0.25, 0.3) is 0 Å². The second-order valence-corrected chi connectivity index (χ2v) is 27.2. The Bertz CT molecular complexity index is 4290. The maximum Gasteiger partial charge on any atom is 0.245 e. The highest BCUT2D eigenvalue weighted by atomic mass is 16.4. The first-order valence-electron chi connectivity index (χ1n) is 37.6. The molecule has 5 unspecified atom stereocenters. The van der Waals surface area contributed by atoms with Gasteiger partial charge in [-0.3, -0.25) is 62.3 Å². The fraction of sp³-hybridized carbons (Fsp3) is 0.333. The molecule has 0 aliphatic heterocycles. The molecule has 0 aliphatic carbocycles. The summed E-state index contributed by atoms with van der Waals surface area (Å²) in [6.07, 6.45) is 1.45. The van der Waals surface area contributed by atoms with Crippen LogP contribution in [0.4, 0.5) is 0 Å². The van der Waals surface area contributed by atoms with Crippen molar-refractivity contribution in [1.82, 2.24) is 63.8 Å². The number of carbonyl (C=O) groups excluding carboxylic acids is 14. The fourth-order valence-electron chi connectivity index (χ4n) is 11.9. The standard InChI is InChI=1S/C47H58N8O7.C37H45N7O9/c1-32(56)39(27-34-18-8-3-9-19-34)52-42(57)31-51-45(60)40(28-35-20-10-4-11-21-35)55-46(61)38(24-14-15-25-48)54-47(62)41(29-36-22-12-5-13-23-36)53-43(58)30-50-44(59)37(49)26-33-16-6-2-7-17-33;1-39-27(20-32(47)48)35(51)43-28(18-24-13-7-3-8-14-24)34(50)40-21-31(46)41-29(19-25-15-9-4-10-16-25)36(52)44-30(22-45)37(53)42-26(33(38)49)17-23-11-5-2-6-12-23/h2-13,16-23,37-41H,14-15,24-31,48-49H2,1H3,(H,50,59)(H,51,60)(H,52,57)(H,53,58)(H,54,62)(H,55,61);2-16,26-30,39,45H,17-22H2,1H3,(H2,38,49)(H,40,50)(H,41,46)(H,42,53)(H,43,51)(H,44,52)(H,47,48)/t37?,38-,39?,40?,41?;26-,27-,28?,29-,30-/m00/s1.